The Morgan fingerprint density at radius 2 is 1.95 bits per heavy atom. The van der Waals surface area contributed by atoms with Crippen molar-refractivity contribution in [2.24, 2.45) is 0 Å². The summed E-state index contributed by atoms with van der Waals surface area (Å²) in [6, 6.07) is 6.14. The Bertz CT molecular complexity index is 453. The van der Waals surface area contributed by atoms with Crippen LogP contribution in [0.2, 0.25) is 0 Å². The van der Waals surface area contributed by atoms with Crippen LogP contribution in [0.1, 0.15) is 25.0 Å². The molecule has 1 fully saturated rings. The zero-order chi connectivity index (χ0) is 15.4. The van der Waals surface area contributed by atoms with Crippen LogP contribution in [0.3, 0.4) is 0 Å². The van der Waals surface area contributed by atoms with E-state index in [1.54, 1.807) is 0 Å². The molecule has 0 amide bonds. The van der Waals surface area contributed by atoms with Gasteiger partial charge in [0.1, 0.15) is 50.3 Å². The maximum Gasteiger partial charge on any atom is 0.137 e. The number of ether oxygens (including phenoxy) is 2. The zero-order valence-corrected chi connectivity index (χ0v) is 13.6. The Balaban J connectivity index is 1.81. The molecule has 1 heterocycles. The number of morpholine rings is 1. The molecule has 4 nitrogen and oxygen atoms in total. The molecular weight excluding hydrogens is 266 g/mol. The first-order valence-corrected chi connectivity index (χ1v) is 7.81. The minimum atomic E-state index is -0.447. The number of aryl methyl sites for hydroxylation is 2. The molecule has 0 aliphatic carbocycles. The minimum absolute atomic E-state index is 0.260. The first-order chi connectivity index (χ1) is 9.94. The fourth-order valence-corrected chi connectivity index (χ4v) is 3.00. The van der Waals surface area contributed by atoms with E-state index in [4.69, 9.17) is 9.47 Å². The number of aliphatic hydroxyl groups is 1. The zero-order valence-electron chi connectivity index (χ0n) is 13.6. The van der Waals surface area contributed by atoms with Gasteiger partial charge in [0.25, 0.3) is 0 Å². The predicted molar refractivity (Wildman–Crippen MR) is 83.0 cm³/mol. The second-order valence-electron chi connectivity index (χ2n) is 6.35. The molecule has 1 aliphatic heterocycles. The average molecular weight is 294 g/mol. The van der Waals surface area contributed by atoms with Crippen molar-refractivity contribution in [1.82, 2.24) is 0 Å². The van der Waals surface area contributed by atoms with Crippen LogP contribution in [0.25, 0.3) is 0 Å². The lowest BCUT2D eigenvalue weighted by Gasteiger charge is -2.33. The van der Waals surface area contributed by atoms with Crippen molar-refractivity contribution in [3.05, 3.63) is 29.3 Å². The molecule has 1 saturated heterocycles. The van der Waals surface area contributed by atoms with Gasteiger partial charge in [0, 0.05) is 0 Å². The maximum atomic E-state index is 10.2. The van der Waals surface area contributed by atoms with Gasteiger partial charge in [0.05, 0.1) is 0 Å². The highest BCUT2D eigenvalue weighted by Crippen LogP contribution is 2.19. The fourth-order valence-electron chi connectivity index (χ4n) is 3.00. The molecule has 118 valence electrons. The summed E-state index contributed by atoms with van der Waals surface area (Å²) in [5.41, 5.74) is 2.28. The van der Waals surface area contributed by atoms with Gasteiger partial charge >= 0.3 is 0 Å². The summed E-state index contributed by atoms with van der Waals surface area (Å²) in [5, 5.41) is 10.2. The van der Waals surface area contributed by atoms with Crippen LogP contribution in [-0.2, 0) is 4.74 Å². The molecule has 21 heavy (non-hydrogen) atoms. The van der Waals surface area contributed by atoms with E-state index in [0.29, 0.717) is 13.2 Å². The van der Waals surface area contributed by atoms with Crippen LogP contribution in [-0.4, -0.2) is 49.7 Å². The number of nitrogens with one attached hydrogen (secondary N) is 1. The summed E-state index contributed by atoms with van der Waals surface area (Å²) >= 11 is 0. The summed E-state index contributed by atoms with van der Waals surface area (Å²) in [4.78, 5) is 1.39. The molecule has 1 aliphatic rings. The number of aliphatic hydroxyl groups excluding tert-OH is 1. The Morgan fingerprint density at radius 3 is 2.62 bits per heavy atom. The van der Waals surface area contributed by atoms with Gasteiger partial charge in [-0.05, 0) is 44.9 Å². The molecule has 2 rings (SSSR count). The first kappa shape index (κ1) is 16.3. The lowest BCUT2D eigenvalue weighted by atomic mass is 10.1. The van der Waals surface area contributed by atoms with E-state index in [-0.39, 0.29) is 12.2 Å². The van der Waals surface area contributed by atoms with Crippen molar-refractivity contribution < 1.29 is 19.5 Å². The van der Waals surface area contributed by atoms with E-state index in [1.807, 2.05) is 26.0 Å². The van der Waals surface area contributed by atoms with E-state index in [2.05, 4.69) is 19.9 Å². The van der Waals surface area contributed by atoms with Crippen molar-refractivity contribution in [3.8, 4) is 5.75 Å². The van der Waals surface area contributed by atoms with Gasteiger partial charge in [-0.15, -0.1) is 0 Å². The van der Waals surface area contributed by atoms with Gasteiger partial charge in [-0.1, -0.05) is 12.1 Å². The largest absolute Gasteiger partial charge is 0.490 e. The standard InChI is InChI=1S/C17H27NO3/c1-12-5-6-13(2)17(7-12)20-11-16(19)10-18-8-14(3)21-15(4)9-18/h5-7,14-16,19H,8-11H2,1-4H3/p+1/t14-,15-,16-/m1/s1. The van der Waals surface area contributed by atoms with Crippen LogP contribution in [0.5, 0.6) is 5.75 Å². The van der Waals surface area contributed by atoms with E-state index in [9.17, 15) is 5.11 Å². The number of quaternary nitrogens is 1. The fraction of sp³-hybridized carbons (Fsp3) is 0.647. The summed E-state index contributed by atoms with van der Waals surface area (Å²) in [6.45, 7) is 11.2. The molecule has 3 atom stereocenters. The minimum Gasteiger partial charge on any atom is -0.490 e. The lowest BCUT2D eigenvalue weighted by molar-refractivity contribution is -0.918. The SMILES string of the molecule is Cc1ccc(C)c(OC[C@H](O)C[NH+]2C[C@@H](C)O[C@H](C)C2)c1. The number of hydrogen-bond acceptors (Lipinski definition) is 3. The summed E-state index contributed by atoms with van der Waals surface area (Å²) in [6.07, 6.45) is 0.0733. The summed E-state index contributed by atoms with van der Waals surface area (Å²) in [5.74, 6) is 0.868. The van der Waals surface area contributed by atoms with Crippen molar-refractivity contribution in [3.63, 3.8) is 0 Å². The van der Waals surface area contributed by atoms with Crippen molar-refractivity contribution in [2.75, 3.05) is 26.2 Å². The lowest BCUT2D eigenvalue weighted by Crippen LogP contribution is -3.16. The maximum absolute atomic E-state index is 10.2. The van der Waals surface area contributed by atoms with Crippen LogP contribution in [0.15, 0.2) is 18.2 Å². The normalized spacial score (nSPS) is 27.4. The molecule has 1 aromatic rings. The van der Waals surface area contributed by atoms with Gasteiger partial charge in [-0.25, -0.2) is 0 Å². The monoisotopic (exact) mass is 294 g/mol. The number of rotatable bonds is 5. The Morgan fingerprint density at radius 1 is 1.29 bits per heavy atom. The van der Waals surface area contributed by atoms with Crippen molar-refractivity contribution >= 4 is 0 Å². The molecular formula is C17H28NO3+. The molecule has 0 aromatic heterocycles. The molecule has 0 spiro atoms. The molecule has 0 unspecified atom stereocenters. The molecule has 0 radical (unpaired) electrons. The third-order valence-electron chi connectivity index (χ3n) is 3.92. The van der Waals surface area contributed by atoms with Crippen molar-refractivity contribution in [1.29, 1.82) is 0 Å². The third-order valence-corrected chi connectivity index (χ3v) is 3.92. The van der Waals surface area contributed by atoms with E-state index in [0.717, 1.165) is 24.4 Å². The van der Waals surface area contributed by atoms with Gasteiger partial charge in [0.15, 0.2) is 0 Å². The predicted octanol–water partition coefficient (Wildman–Crippen LogP) is 0.735. The molecule has 0 saturated carbocycles. The van der Waals surface area contributed by atoms with Crippen LogP contribution in [0, 0.1) is 13.8 Å². The van der Waals surface area contributed by atoms with E-state index < -0.39 is 6.10 Å². The highest BCUT2D eigenvalue weighted by atomic mass is 16.5. The Kier molecular flexibility index (Phi) is 5.62. The first-order valence-electron chi connectivity index (χ1n) is 7.81. The topological polar surface area (TPSA) is 43.1 Å². The third kappa shape index (κ3) is 4.99. The van der Waals surface area contributed by atoms with Crippen LogP contribution in [0.4, 0.5) is 0 Å². The molecule has 0 bridgehead atoms. The summed E-state index contributed by atoms with van der Waals surface area (Å²) < 4.78 is 11.5. The summed E-state index contributed by atoms with van der Waals surface area (Å²) in [7, 11) is 0. The van der Waals surface area contributed by atoms with Gasteiger partial charge in [-0.2, -0.15) is 0 Å². The van der Waals surface area contributed by atoms with Crippen LogP contribution >= 0.6 is 0 Å². The smallest absolute Gasteiger partial charge is 0.137 e. The Hall–Kier alpha value is -1.10. The van der Waals surface area contributed by atoms with Crippen LogP contribution < -0.4 is 9.64 Å². The number of benzene rings is 1. The number of hydrogen-bond donors (Lipinski definition) is 2. The molecule has 2 N–H and O–H groups in total. The van der Waals surface area contributed by atoms with E-state index in [1.165, 1.54) is 10.5 Å². The van der Waals surface area contributed by atoms with Crippen molar-refractivity contribution in [2.45, 2.75) is 46.0 Å². The second-order valence-corrected chi connectivity index (χ2v) is 6.35. The quantitative estimate of drug-likeness (QED) is 0.842. The van der Waals surface area contributed by atoms with Gasteiger partial charge < -0.3 is 19.5 Å². The molecule has 1 aromatic carbocycles. The highest BCUT2D eigenvalue weighted by Gasteiger charge is 2.27. The molecule has 4 heteroatoms. The average Bonchev–Trinajstić information content (AvgIpc) is 2.38. The second kappa shape index (κ2) is 7.25. The highest BCUT2D eigenvalue weighted by molar-refractivity contribution is 5.35. The van der Waals surface area contributed by atoms with Gasteiger partial charge in [-0.3, -0.25) is 0 Å². The van der Waals surface area contributed by atoms with Gasteiger partial charge in [0.2, 0.25) is 0 Å². The Labute approximate surface area is 127 Å². The van der Waals surface area contributed by atoms with E-state index >= 15 is 0 Å².